The van der Waals surface area contributed by atoms with Crippen molar-refractivity contribution in [3.05, 3.63) is 45.7 Å². The molecule has 1 heterocycles. The van der Waals surface area contributed by atoms with Crippen LogP contribution >= 0.6 is 15.9 Å². The van der Waals surface area contributed by atoms with E-state index in [0.29, 0.717) is 0 Å². The Balaban J connectivity index is 2.75. The highest BCUT2D eigenvalue weighted by molar-refractivity contribution is 9.09. The molecule has 2 aromatic rings. The predicted octanol–water partition coefficient (Wildman–Crippen LogP) is 2.77. The van der Waals surface area contributed by atoms with Crippen LogP contribution in [0.15, 0.2) is 29.1 Å². The van der Waals surface area contributed by atoms with Gasteiger partial charge in [-0.05, 0) is 31.0 Å². The van der Waals surface area contributed by atoms with Gasteiger partial charge in [0.05, 0.1) is 0 Å². The van der Waals surface area contributed by atoms with Gasteiger partial charge in [-0.25, -0.2) is 0 Å². The molecule has 0 amide bonds. The normalized spacial score (nSPS) is 10.8. The van der Waals surface area contributed by atoms with Crippen LogP contribution in [0.5, 0.6) is 0 Å². The Hall–Kier alpha value is -1.09. The number of halogens is 1. The molecule has 1 aromatic carbocycles. The van der Waals surface area contributed by atoms with E-state index in [-0.39, 0.29) is 5.56 Å². The molecule has 1 aromatic heterocycles. The molecule has 78 valence electrons. The Labute approximate surface area is 96.5 Å². The fourth-order valence-electron chi connectivity index (χ4n) is 1.75. The van der Waals surface area contributed by atoms with Crippen molar-refractivity contribution in [2.75, 3.05) is 5.33 Å². The van der Waals surface area contributed by atoms with Crippen LogP contribution in [0.4, 0.5) is 0 Å². The molecule has 3 heteroatoms. The number of pyridine rings is 1. The zero-order valence-electron chi connectivity index (χ0n) is 8.51. The van der Waals surface area contributed by atoms with Gasteiger partial charge in [0.15, 0.2) is 0 Å². The Bertz CT molecular complexity index is 545. The van der Waals surface area contributed by atoms with Gasteiger partial charge in [-0.3, -0.25) is 4.79 Å². The number of aromatic amines is 1. The first-order valence-electron chi connectivity index (χ1n) is 4.89. The minimum Gasteiger partial charge on any atom is -0.322 e. The lowest BCUT2D eigenvalue weighted by atomic mass is 10.1. The summed E-state index contributed by atoms with van der Waals surface area (Å²) in [6.45, 7) is 2.06. The molecule has 0 saturated heterocycles. The number of aryl methyl sites for hydroxylation is 2. The lowest BCUT2D eigenvalue weighted by Gasteiger charge is -2.05. The first kappa shape index (κ1) is 10.4. The van der Waals surface area contributed by atoms with Crippen molar-refractivity contribution >= 4 is 26.8 Å². The topological polar surface area (TPSA) is 32.9 Å². The molecule has 0 aliphatic rings. The maximum atomic E-state index is 11.4. The Morgan fingerprint density at radius 2 is 2.13 bits per heavy atom. The van der Waals surface area contributed by atoms with Gasteiger partial charge >= 0.3 is 0 Å². The summed E-state index contributed by atoms with van der Waals surface area (Å²) in [4.78, 5) is 14.2. The molecule has 15 heavy (non-hydrogen) atoms. The SMILES string of the molecule is Cc1ccc2[nH]c(=O)cc(CCBr)c2c1. The predicted molar refractivity (Wildman–Crippen MR) is 66.8 cm³/mol. The number of hydrogen-bond acceptors (Lipinski definition) is 1. The van der Waals surface area contributed by atoms with Crippen LogP contribution in [-0.2, 0) is 6.42 Å². The summed E-state index contributed by atoms with van der Waals surface area (Å²) in [6, 6.07) is 7.77. The van der Waals surface area contributed by atoms with Gasteiger partial charge in [-0.15, -0.1) is 0 Å². The van der Waals surface area contributed by atoms with E-state index in [1.54, 1.807) is 6.07 Å². The minimum absolute atomic E-state index is 0.0256. The molecule has 0 saturated carbocycles. The van der Waals surface area contributed by atoms with E-state index >= 15 is 0 Å². The maximum absolute atomic E-state index is 11.4. The van der Waals surface area contributed by atoms with Gasteiger partial charge in [0.2, 0.25) is 5.56 Å². The van der Waals surface area contributed by atoms with Crippen molar-refractivity contribution in [1.82, 2.24) is 4.98 Å². The average molecular weight is 266 g/mol. The summed E-state index contributed by atoms with van der Waals surface area (Å²) in [6.07, 6.45) is 0.879. The molecular formula is C12H12BrNO. The standard InChI is InChI=1S/C12H12BrNO/c1-8-2-3-11-10(6-8)9(4-5-13)7-12(15)14-11/h2-3,6-7H,4-5H2,1H3,(H,14,15). The van der Waals surface area contributed by atoms with Gasteiger partial charge in [0.1, 0.15) is 0 Å². The quantitative estimate of drug-likeness (QED) is 0.833. The van der Waals surface area contributed by atoms with E-state index in [1.165, 1.54) is 5.56 Å². The van der Waals surface area contributed by atoms with Crippen molar-refractivity contribution in [2.24, 2.45) is 0 Å². The van der Waals surface area contributed by atoms with Crippen molar-refractivity contribution in [2.45, 2.75) is 13.3 Å². The number of aromatic nitrogens is 1. The molecule has 1 N–H and O–H groups in total. The second-order valence-electron chi connectivity index (χ2n) is 3.65. The molecule has 2 nitrogen and oxygen atoms in total. The van der Waals surface area contributed by atoms with Crippen LogP contribution in [0.1, 0.15) is 11.1 Å². The van der Waals surface area contributed by atoms with E-state index in [4.69, 9.17) is 0 Å². The average Bonchev–Trinajstić information content (AvgIpc) is 2.19. The van der Waals surface area contributed by atoms with Crippen molar-refractivity contribution in [3.8, 4) is 0 Å². The third-order valence-corrected chi connectivity index (χ3v) is 2.84. The largest absolute Gasteiger partial charge is 0.322 e. The summed E-state index contributed by atoms with van der Waals surface area (Å²) >= 11 is 3.40. The van der Waals surface area contributed by atoms with Crippen LogP contribution in [0.25, 0.3) is 10.9 Å². The van der Waals surface area contributed by atoms with Gasteiger partial charge in [0, 0.05) is 22.3 Å². The minimum atomic E-state index is -0.0256. The van der Waals surface area contributed by atoms with Crippen LogP contribution in [0.3, 0.4) is 0 Å². The van der Waals surface area contributed by atoms with E-state index < -0.39 is 0 Å². The van der Waals surface area contributed by atoms with Crippen LogP contribution in [0.2, 0.25) is 0 Å². The third-order valence-electron chi connectivity index (χ3n) is 2.45. The van der Waals surface area contributed by atoms with Crippen molar-refractivity contribution < 1.29 is 0 Å². The summed E-state index contributed by atoms with van der Waals surface area (Å²) in [5.41, 5.74) is 3.21. The van der Waals surface area contributed by atoms with Crippen molar-refractivity contribution in [3.63, 3.8) is 0 Å². The van der Waals surface area contributed by atoms with Gasteiger partial charge in [-0.1, -0.05) is 27.6 Å². The lowest BCUT2D eigenvalue weighted by Crippen LogP contribution is -2.07. The maximum Gasteiger partial charge on any atom is 0.248 e. The molecule has 0 fully saturated rings. The van der Waals surface area contributed by atoms with Gasteiger partial charge in [0.25, 0.3) is 0 Å². The molecule has 0 bridgehead atoms. The summed E-state index contributed by atoms with van der Waals surface area (Å²) in [5, 5.41) is 2.02. The second kappa shape index (κ2) is 4.19. The molecule has 0 aliphatic heterocycles. The third kappa shape index (κ3) is 2.12. The molecular weight excluding hydrogens is 254 g/mol. The van der Waals surface area contributed by atoms with Crippen LogP contribution in [0, 0.1) is 6.92 Å². The molecule has 0 spiro atoms. The summed E-state index contributed by atoms with van der Waals surface area (Å²) < 4.78 is 0. The zero-order chi connectivity index (χ0) is 10.8. The van der Waals surface area contributed by atoms with Crippen LogP contribution < -0.4 is 5.56 Å². The first-order valence-corrected chi connectivity index (χ1v) is 6.01. The number of alkyl halides is 1. The Morgan fingerprint density at radius 3 is 2.87 bits per heavy atom. The van der Waals surface area contributed by atoms with E-state index in [2.05, 4.69) is 33.9 Å². The monoisotopic (exact) mass is 265 g/mol. The number of hydrogen-bond donors (Lipinski definition) is 1. The Kier molecular flexibility index (Phi) is 2.91. The highest BCUT2D eigenvalue weighted by Gasteiger charge is 2.02. The fourth-order valence-corrected chi connectivity index (χ4v) is 2.17. The van der Waals surface area contributed by atoms with E-state index in [9.17, 15) is 4.79 Å². The highest BCUT2D eigenvalue weighted by Crippen LogP contribution is 2.17. The number of H-pyrrole nitrogens is 1. The fraction of sp³-hybridized carbons (Fsp3) is 0.250. The van der Waals surface area contributed by atoms with Gasteiger partial charge in [-0.2, -0.15) is 0 Å². The molecule has 0 aliphatic carbocycles. The van der Waals surface area contributed by atoms with E-state index in [0.717, 1.165) is 28.2 Å². The molecule has 0 radical (unpaired) electrons. The molecule has 2 rings (SSSR count). The Morgan fingerprint density at radius 1 is 1.33 bits per heavy atom. The number of nitrogens with one attached hydrogen (secondary N) is 1. The second-order valence-corrected chi connectivity index (χ2v) is 4.44. The number of fused-ring (bicyclic) bond motifs is 1. The highest BCUT2D eigenvalue weighted by atomic mass is 79.9. The lowest BCUT2D eigenvalue weighted by molar-refractivity contribution is 1.15. The van der Waals surface area contributed by atoms with Gasteiger partial charge < -0.3 is 4.98 Å². The zero-order valence-corrected chi connectivity index (χ0v) is 10.1. The van der Waals surface area contributed by atoms with E-state index in [1.807, 2.05) is 12.1 Å². The summed E-state index contributed by atoms with van der Waals surface area (Å²) in [7, 11) is 0. The number of benzene rings is 1. The van der Waals surface area contributed by atoms with Crippen molar-refractivity contribution in [1.29, 1.82) is 0 Å². The van der Waals surface area contributed by atoms with Crippen LogP contribution in [-0.4, -0.2) is 10.3 Å². The summed E-state index contributed by atoms with van der Waals surface area (Å²) in [5.74, 6) is 0. The smallest absolute Gasteiger partial charge is 0.248 e. The first-order chi connectivity index (χ1) is 7.20. The molecule has 0 atom stereocenters. The molecule has 0 unspecified atom stereocenters. The number of rotatable bonds is 2.